The van der Waals surface area contributed by atoms with E-state index in [4.69, 9.17) is 4.74 Å². The Morgan fingerprint density at radius 3 is 2.22 bits per heavy atom. The van der Waals surface area contributed by atoms with Gasteiger partial charge in [0.1, 0.15) is 0 Å². The number of nitrogens with zero attached hydrogens (tertiary/aromatic N) is 1. The third kappa shape index (κ3) is 8.91. The molecule has 0 spiro atoms. The number of hydrogen-bond acceptors (Lipinski definition) is 4. The van der Waals surface area contributed by atoms with Gasteiger partial charge in [0.15, 0.2) is 0 Å². The van der Waals surface area contributed by atoms with Crippen molar-refractivity contribution in [3.05, 3.63) is 0 Å². The molecule has 0 unspecified atom stereocenters. The third-order valence-corrected chi connectivity index (χ3v) is 3.67. The predicted octanol–water partition coefficient (Wildman–Crippen LogP) is 1.16. The summed E-state index contributed by atoms with van der Waals surface area (Å²) in [5, 5.41) is 5.52. The zero-order chi connectivity index (χ0) is 17.5. The van der Waals surface area contributed by atoms with E-state index in [-0.39, 0.29) is 5.41 Å². The highest BCUT2D eigenvalue weighted by Gasteiger charge is 2.29. The molecule has 1 fully saturated rings. The summed E-state index contributed by atoms with van der Waals surface area (Å²) in [5.41, 5.74) is -0.314. The molecule has 6 nitrogen and oxygen atoms in total. The lowest BCUT2D eigenvalue weighted by molar-refractivity contribution is -0.140. The standard InChI is InChI=1S/C17H33N3O3/c1-16(2,3)13-17(4,5)19-15(22)14(21)18-7-6-8-20-9-11-23-12-10-20/h6-13H2,1-5H3,(H,18,21)(H,19,22). The van der Waals surface area contributed by atoms with Crippen LogP contribution in [0.2, 0.25) is 0 Å². The van der Waals surface area contributed by atoms with Crippen molar-refractivity contribution in [1.82, 2.24) is 15.5 Å². The molecule has 6 heteroatoms. The van der Waals surface area contributed by atoms with Gasteiger partial charge in [-0.2, -0.15) is 0 Å². The number of carbonyl (C=O) groups excluding carboxylic acids is 2. The molecule has 0 bridgehead atoms. The Morgan fingerprint density at radius 2 is 1.65 bits per heavy atom. The molecule has 1 heterocycles. The first-order valence-electron chi connectivity index (χ1n) is 8.49. The molecule has 23 heavy (non-hydrogen) atoms. The van der Waals surface area contributed by atoms with E-state index < -0.39 is 17.4 Å². The van der Waals surface area contributed by atoms with Crippen molar-refractivity contribution < 1.29 is 14.3 Å². The van der Waals surface area contributed by atoms with Crippen molar-refractivity contribution in [2.24, 2.45) is 5.41 Å². The molecule has 0 aromatic heterocycles. The quantitative estimate of drug-likeness (QED) is 0.567. The topological polar surface area (TPSA) is 70.7 Å². The fraction of sp³-hybridized carbons (Fsp3) is 0.882. The van der Waals surface area contributed by atoms with Crippen LogP contribution in [0.15, 0.2) is 0 Å². The lowest BCUT2D eigenvalue weighted by Crippen LogP contribution is -2.51. The Morgan fingerprint density at radius 1 is 1.04 bits per heavy atom. The van der Waals surface area contributed by atoms with Crippen molar-refractivity contribution >= 4 is 11.8 Å². The SMILES string of the molecule is CC(C)(C)CC(C)(C)NC(=O)C(=O)NCCCN1CCOCC1. The minimum atomic E-state index is -0.550. The molecule has 0 atom stereocenters. The molecule has 2 amide bonds. The van der Waals surface area contributed by atoms with Crippen molar-refractivity contribution in [3.8, 4) is 0 Å². The summed E-state index contributed by atoms with van der Waals surface area (Å²) in [7, 11) is 0. The van der Waals surface area contributed by atoms with Crippen LogP contribution < -0.4 is 10.6 Å². The van der Waals surface area contributed by atoms with E-state index in [0.29, 0.717) is 6.54 Å². The highest BCUT2D eigenvalue weighted by atomic mass is 16.5. The molecule has 1 saturated heterocycles. The van der Waals surface area contributed by atoms with Gasteiger partial charge in [-0.3, -0.25) is 14.5 Å². The summed E-state index contributed by atoms with van der Waals surface area (Å²) in [6, 6.07) is 0. The van der Waals surface area contributed by atoms with Gasteiger partial charge in [0.2, 0.25) is 0 Å². The lowest BCUT2D eigenvalue weighted by atomic mass is 9.82. The number of carbonyl (C=O) groups is 2. The number of rotatable bonds is 6. The summed E-state index contributed by atoms with van der Waals surface area (Å²) >= 11 is 0. The van der Waals surface area contributed by atoms with Gasteiger partial charge in [-0.15, -0.1) is 0 Å². The van der Waals surface area contributed by atoms with Crippen LogP contribution in [0.1, 0.15) is 47.5 Å². The Kier molecular flexibility index (Phi) is 7.48. The van der Waals surface area contributed by atoms with Gasteiger partial charge in [0, 0.05) is 25.2 Å². The van der Waals surface area contributed by atoms with Gasteiger partial charge >= 0.3 is 11.8 Å². The van der Waals surface area contributed by atoms with Gasteiger partial charge in [-0.1, -0.05) is 20.8 Å². The minimum Gasteiger partial charge on any atom is -0.379 e. The Bertz CT molecular complexity index is 396. The summed E-state index contributed by atoms with van der Waals surface area (Å²) in [5.74, 6) is -1.10. The summed E-state index contributed by atoms with van der Waals surface area (Å²) < 4.78 is 5.29. The maximum atomic E-state index is 12.0. The minimum absolute atomic E-state index is 0.0887. The summed E-state index contributed by atoms with van der Waals surface area (Å²) in [6.07, 6.45) is 1.64. The van der Waals surface area contributed by atoms with Gasteiger partial charge in [0.25, 0.3) is 0 Å². The van der Waals surface area contributed by atoms with Crippen LogP contribution >= 0.6 is 0 Å². The molecule has 1 rings (SSSR count). The summed E-state index contributed by atoms with van der Waals surface area (Å²) in [6.45, 7) is 15.1. The normalized spacial score (nSPS) is 16.9. The molecule has 2 N–H and O–H groups in total. The molecule has 0 aliphatic carbocycles. The van der Waals surface area contributed by atoms with E-state index in [0.717, 1.165) is 45.7 Å². The summed E-state index contributed by atoms with van der Waals surface area (Å²) in [4.78, 5) is 26.2. The van der Waals surface area contributed by atoms with E-state index in [1.807, 2.05) is 13.8 Å². The zero-order valence-corrected chi connectivity index (χ0v) is 15.3. The molecular weight excluding hydrogens is 294 g/mol. The van der Waals surface area contributed by atoms with Gasteiger partial charge in [-0.25, -0.2) is 0 Å². The van der Waals surface area contributed by atoms with Crippen molar-refractivity contribution in [3.63, 3.8) is 0 Å². The number of morpholine rings is 1. The molecule has 1 aliphatic rings. The smallest absolute Gasteiger partial charge is 0.309 e. The number of amides is 2. The lowest BCUT2D eigenvalue weighted by Gasteiger charge is -2.33. The fourth-order valence-electron chi connectivity index (χ4n) is 3.14. The van der Waals surface area contributed by atoms with Crippen LogP contribution in [0, 0.1) is 5.41 Å². The van der Waals surface area contributed by atoms with E-state index in [1.165, 1.54) is 0 Å². The molecule has 1 aliphatic heterocycles. The second kappa shape index (κ2) is 8.64. The van der Waals surface area contributed by atoms with E-state index in [1.54, 1.807) is 0 Å². The Hall–Kier alpha value is -1.14. The number of nitrogens with one attached hydrogen (secondary N) is 2. The second-order valence-electron chi connectivity index (χ2n) is 8.14. The second-order valence-corrected chi connectivity index (χ2v) is 8.14. The third-order valence-electron chi connectivity index (χ3n) is 3.67. The number of ether oxygens (including phenoxy) is 1. The van der Waals surface area contributed by atoms with E-state index in [2.05, 4.69) is 36.3 Å². The molecule has 0 saturated carbocycles. The largest absolute Gasteiger partial charge is 0.379 e. The van der Waals surface area contributed by atoms with Crippen LogP contribution in [0.5, 0.6) is 0 Å². The molecule has 0 radical (unpaired) electrons. The van der Waals surface area contributed by atoms with Gasteiger partial charge in [-0.05, 0) is 38.6 Å². The first-order valence-corrected chi connectivity index (χ1v) is 8.49. The Balaban J connectivity index is 2.24. The predicted molar refractivity (Wildman–Crippen MR) is 91.2 cm³/mol. The van der Waals surface area contributed by atoms with Crippen LogP contribution in [-0.4, -0.2) is 61.6 Å². The highest BCUT2D eigenvalue weighted by Crippen LogP contribution is 2.26. The van der Waals surface area contributed by atoms with Crippen LogP contribution in [-0.2, 0) is 14.3 Å². The zero-order valence-electron chi connectivity index (χ0n) is 15.3. The highest BCUT2D eigenvalue weighted by molar-refractivity contribution is 6.35. The maximum Gasteiger partial charge on any atom is 0.309 e. The molecule has 0 aromatic carbocycles. The van der Waals surface area contributed by atoms with Crippen molar-refractivity contribution in [2.45, 2.75) is 53.0 Å². The van der Waals surface area contributed by atoms with Crippen LogP contribution in [0.3, 0.4) is 0 Å². The first kappa shape index (κ1) is 19.9. The Labute approximate surface area is 140 Å². The van der Waals surface area contributed by atoms with Gasteiger partial charge in [0.05, 0.1) is 13.2 Å². The van der Waals surface area contributed by atoms with E-state index >= 15 is 0 Å². The van der Waals surface area contributed by atoms with Crippen LogP contribution in [0.4, 0.5) is 0 Å². The average molecular weight is 327 g/mol. The fourth-order valence-corrected chi connectivity index (χ4v) is 3.14. The monoisotopic (exact) mass is 327 g/mol. The first-order chi connectivity index (χ1) is 10.6. The average Bonchev–Trinajstić information content (AvgIpc) is 2.41. The number of hydrogen-bond donors (Lipinski definition) is 2. The molecular formula is C17H33N3O3. The van der Waals surface area contributed by atoms with Crippen molar-refractivity contribution in [1.29, 1.82) is 0 Å². The van der Waals surface area contributed by atoms with Crippen molar-refractivity contribution in [2.75, 3.05) is 39.4 Å². The molecule has 134 valence electrons. The maximum absolute atomic E-state index is 12.0. The van der Waals surface area contributed by atoms with E-state index in [9.17, 15) is 9.59 Å². The molecule has 0 aromatic rings. The van der Waals surface area contributed by atoms with Gasteiger partial charge < -0.3 is 15.4 Å². The van der Waals surface area contributed by atoms with Crippen LogP contribution in [0.25, 0.3) is 0 Å².